The summed E-state index contributed by atoms with van der Waals surface area (Å²) >= 11 is 6.23. The molecule has 22 heavy (non-hydrogen) atoms. The Bertz CT molecular complexity index is 516. The molecule has 1 atom stereocenters. The Morgan fingerprint density at radius 2 is 2.27 bits per heavy atom. The molecule has 1 aliphatic rings. The van der Waals surface area contributed by atoms with Crippen molar-refractivity contribution in [3.63, 3.8) is 0 Å². The Morgan fingerprint density at radius 1 is 1.45 bits per heavy atom. The molecule has 0 spiro atoms. The van der Waals surface area contributed by atoms with Crippen molar-refractivity contribution in [1.82, 2.24) is 10.6 Å². The van der Waals surface area contributed by atoms with E-state index in [-0.39, 0.29) is 11.9 Å². The lowest BCUT2D eigenvalue weighted by atomic mass is 10.0. The lowest BCUT2D eigenvalue weighted by Gasteiger charge is -2.22. The Balaban J connectivity index is 2.00. The second-order valence-electron chi connectivity index (χ2n) is 5.26. The molecule has 1 fully saturated rings. The molecular formula is C16H23ClN2O3. The van der Waals surface area contributed by atoms with Crippen LogP contribution in [0, 0.1) is 0 Å². The first-order valence-electron chi connectivity index (χ1n) is 7.66. The van der Waals surface area contributed by atoms with E-state index < -0.39 is 0 Å². The highest BCUT2D eigenvalue weighted by atomic mass is 35.5. The minimum Gasteiger partial charge on any atom is -0.493 e. The van der Waals surface area contributed by atoms with Crippen molar-refractivity contribution >= 4 is 17.5 Å². The zero-order valence-corrected chi connectivity index (χ0v) is 13.8. The maximum atomic E-state index is 12.1. The molecule has 5 nitrogen and oxygen atoms in total. The predicted octanol–water partition coefficient (Wildman–Crippen LogP) is 2.51. The quantitative estimate of drug-likeness (QED) is 0.843. The van der Waals surface area contributed by atoms with Gasteiger partial charge in [-0.3, -0.25) is 4.79 Å². The second kappa shape index (κ2) is 8.25. The number of rotatable bonds is 6. The number of carbonyl (C=O) groups is 1. The number of benzene rings is 1. The van der Waals surface area contributed by atoms with Crippen molar-refractivity contribution in [1.29, 1.82) is 0 Å². The number of piperidine rings is 1. The normalized spacial score (nSPS) is 17.9. The molecule has 6 heteroatoms. The number of amides is 1. The zero-order valence-electron chi connectivity index (χ0n) is 13.1. The molecule has 0 aromatic heterocycles. The van der Waals surface area contributed by atoms with E-state index in [1.54, 1.807) is 13.2 Å². The molecule has 1 aliphatic heterocycles. The lowest BCUT2D eigenvalue weighted by molar-refractivity contribution is -0.123. The molecule has 122 valence electrons. The number of carbonyl (C=O) groups excluding carboxylic acids is 1. The van der Waals surface area contributed by atoms with E-state index in [0.29, 0.717) is 29.7 Å². The van der Waals surface area contributed by atoms with Crippen LogP contribution in [0.3, 0.4) is 0 Å². The van der Waals surface area contributed by atoms with Gasteiger partial charge in [0.25, 0.3) is 0 Å². The average molecular weight is 327 g/mol. The van der Waals surface area contributed by atoms with Gasteiger partial charge in [0.15, 0.2) is 11.5 Å². The van der Waals surface area contributed by atoms with Crippen molar-refractivity contribution in [2.24, 2.45) is 0 Å². The van der Waals surface area contributed by atoms with Gasteiger partial charge in [0, 0.05) is 6.54 Å². The van der Waals surface area contributed by atoms with Crippen molar-refractivity contribution < 1.29 is 14.3 Å². The molecular weight excluding hydrogens is 304 g/mol. The van der Waals surface area contributed by atoms with Gasteiger partial charge in [0.05, 0.1) is 24.8 Å². The average Bonchev–Trinajstić information content (AvgIpc) is 2.55. The Kier molecular flexibility index (Phi) is 6.34. The van der Waals surface area contributed by atoms with E-state index in [9.17, 15) is 4.79 Å². The third-order valence-electron chi connectivity index (χ3n) is 3.67. The molecule has 2 rings (SSSR count). The molecule has 0 radical (unpaired) electrons. The minimum atomic E-state index is -0.0891. The summed E-state index contributed by atoms with van der Waals surface area (Å²) in [5, 5.41) is 6.66. The van der Waals surface area contributed by atoms with Gasteiger partial charge in [-0.15, -0.1) is 0 Å². The van der Waals surface area contributed by atoms with Crippen LogP contribution < -0.4 is 20.1 Å². The van der Waals surface area contributed by atoms with Crippen LogP contribution in [-0.4, -0.2) is 32.2 Å². The highest BCUT2D eigenvalue weighted by Crippen LogP contribution is 2.36. The van der Waals surface area contributed by atoms with Crippen molar-refractivity contribution in [3.05, 3.63) is 22.7 Å². The first-order chi connectivity index (χ1) is 10.7. The zero-order chi connectivity index (χ0) is 15.9. The third-order valence-corrected chi connectivity index (χ3v) is 3.95. The summed E-state index contributed by atoms with van der Waals surface area (Å²) in [6, 6.07) is 3.54. The lowest BCUT2D eigenvalue weighted by Crippen LogP contribution is -2.46. The number of halogens is 1. The van der Waals surface area contributed by atoms with Gasteiger partial charge in [-0.05, 0) is 44.0 Å². The molecule has 1 unspecified atom stereocenters. The number of hydrogen-bond donors (Lipinski definition) is 2. The van der Waals surface area contributed by atoms with Gasteiger partial charge >= 0.3 is 0 Å². The van der Waals surface area contributed by atoms with E-state index >= 15 is 0 Å². The van der Waals surface area contributed by atoms with E-state index in [2.05, 4.69) is 10.6 Å². The number of hydrogen-bond acceptors (Lipinski definition) is 4. The number of nitrogens with one attached hydrogen (secondary N) is 2. The molecule has 0 aliphatic carbocycles. The monoisotopic (exact) mass is 326 g/mol. The van der Waals surface area contributed by atoms with Crippen LogP contribution in [0.2, 0.25) is 5.02 Å². The molecule has 0 saturated carbocycles. The smallest absolute Gasteiger partial charge is 0.237 e. The summed E-state index contributed by atoms with van der Waals surface area (Å²) in [5.74, 6) is 1.15. The van der Waals surface area contributed by atoms with Gasteiger partial charge < -0.3 is 20.1 Å². The third kappa shape index (κ3) is 4.27. The Morgan fingerprint density at radius 3 is 2.91 bits per heavy atom. The van der Waals surface area contributed by atoms with Crippen molar-refractivity contribution in [2.45, 2.75) is 38.8 Å². The van der Waals surface area contributed by atoms with Crippen molar-refractivity contribution in [2.75, 3.05) is 20.3 Å². The fraction of sp³-hybridized carbons (Fsp3) is 0.562. The molecule has 1 amide bonds. The highest BCUT2D eigenvalue weighted by molar-refractivity contribution is 6.32. The van der Waals surface area contributed by atoms with Gasteiger partial charge in [-0.1, -0.05) is 18.0 Å². The van der Waals surface area contributed by atoms with E-state index in [0.717, 1.165) is 31.4 Å². The summed E-state index contributed by atoms with van der Waals surface area (Å²) in [6.07, 6.45) is 3.11. The van der Waals surface area contributed by atoms with Crippen LogP contribution in [0.4, 0.5) is 0 Å². The van der Waals surface area contributed by atoms with Crippen LogP contribution in [0.15, 0.2) is 12.1 Å². The largest absolute Gasteiger partial charge is 0.493 e. The minimum absolute atomic E-state index is 0.0312. The van der Waals surface area contributed by atoms with Crippen LogP contribution in [-0.2, 0) is 11.3 Å². The maximum Gasteiger partial charge on any atom is 0.237 e. The molecule has 1 aromatic carbocycles. The van der Waals surface area contributed by atoms with Crippen LogP contribution in [0.25, 0.3) is 0 Å². The van der Waals surface area contributed by atoms with Crippen molar-refractivity contribution in [3.8, 4) is 11.5 Å². The Hall–Kier alpha value is -1.46. The van der Waals surface area contributed by atoms with Gasteiger partial charge in [0.1, 0.15) is 0 Å². The highest BCUT2D eigenvalue weighted by Gasteiger charge is 2.20. The first-order valence-corrected chi connectivity index (χ1v) is 8.03. The van der Waals surface area contributed by atoms with Gasteiger partial charge in [0.2, 0.25) is 5.91 Å². The van der Waals surface area contributed by atoms with Crippen LogP contribution >= 0.6 is 11.6 Å². The fourth-order valence-corrected chi connectivity index (χ4v) is 2.84. The summed E-state index contributed by atoms with van der Waals surface area (Å²) in [5.41, 5.74) is 0.884. The summed E-state index contributed by atoms with van der Waals surface area (Å²) in [4.78, 5) is 12.1. The van der Waals surface area contributed by atoms with E-state index in [1.807, 2.05) is 13.0 Å². The van der Waals surface area contributed by atoms with Crippen LogP contribution in [0.1, 0.15) is 31.7 Å². The SMILES string of the molecule is CCOc1c(Cl)cc(CNC(=O)C2CCCCN2)cc1OC. The topological polar surface area (TPSA) is 59.6 Å². The summed E-state index contributed by atoms with van der Waals surface area (Å²) in [6.45, 7) is 3.72. The van der Waals surface area contributed by atoms with Gasteiger partial charge in [-0.25, -0.2) is 0 Å². The predicted molar refractivity (Wildman–Crippen MR) is 86.7 cm³/mol. The number of ether oxygens (including phenoxy) is 2. The first kappa shape index (κ1) is 16.9. The molecule has 2 N–H and O–H groups in total. The Labute approximate surface area is 136 Å². The summed E-state index contributed by atoms with van der Waals surface area (Å²) < 4.78 is 10.8. The standard InChI is InChI=1S/C16H23ClN2O3/c1-3-22-15-12(17)8-11(9-14(15)21-2)10-19-16(20)13-6-4-5-7-18-13/h8-9,13,18H,3-7,10H2,1-2H3,(H,19,20). The van der Waals surface area contributed by atoms with Gasteiger partial charge in [-0.2, -0.15) is 0 Å². The molecule has 1 saturated heterocycles. The number of methoxy groups -OCH3 is 1. The molecule has 1 aromatic rings. The fourth-order valence-electron chi connectivity index (χ4n) is 2.55. The molecule has 0 bridgehead atoms. The molecule has 1 heterocycles. The van der Waals surface area contributed by atoms with Crippen LogP contribution in [0.5, 0.6) is 11.5 Å². The maximum absolute atomic E-state index is 12.1. The van der Waals surface area contributed by atoms with E-state index in [1.165, 1.54) is 0 Å². The summed E-state index contributed by atoms with van der Waals surface area (Å²) in [7, 11) is 1.57. The second-order valence-corrected chi connectivity index (χ2v) is 5.67. The van der Waals surface area contributed by atoms with E-state index in [4.69, 9.17) is 21.1 Å².